The number of nitrogens with one attached hydrogen (secondary N) is 1. The van der Waals surface area contributed by atoms with Crippen molar-refractivity contribution in [1.82, 2.24) is 4.98 Å². The van der Waals surface area contributed by atoms with Gasteiger partial charge < -0.3 is 4.74 Å². The normalized spacial score (nSPS) is 11.1. The van der Waals surface area contributed by atoms with E-state index in [9.17, 15) is 4.79 Å². The Morgan fingerprint density at radius 1 is 1.07 bits per heavy atom. The highest BCUT2D eigenvalue weighted by Crippen LogP contribution is 2.29. The van der Waals surface area contributed by atoms with Crippen molar-refractivity contribution in [3.05, 3.63) is 77.2 Å². The summed E-state index contributed by atoms with van der Waals surface area (Å²) in [6.07, 6.45) is 0. The molecule has 0 aliphatic heterocycles. The van der Waals surface area contributed by atoms with Crippen LogP contribution < -0.4 is 10.1 Å². The summed E-state index contributed by atoms with van der Waals surface area (Å²) in [5, 5.41) is 7.73. The fraction of sp³-hybridized carbons (Fsp3) is 0.200. The fourth-order valence-corrected chi connectivity index (χ4v) is 4.09. The third kappa shape index (κ3) is 4.52. The van der Waals surface area contributed by atoms with Crippen LogP contribution in [0.5, 0.6) is 5.75 Å². The van der Waals surface area contributed by atoms with Crippen LogP contribution in [0.2, 0.25) is 0 Å². The van der Waals surface area contributed by atoms with E-state index in [0.717, 1.165) is 28.1 Å². The van der Waals surface area contributed by atoms with Crippen LogP contribution in [0.1, 0.15) is 30.9 Å². The van der Waals surface area contributed by atoms with E-state index >= 15 is 0 Å². The molecule has 0 aliphatic carbocycles. The SMILES string of the molecule is Cc1ccc(C(C)C)c(OCC(=O)Nc2nc(-c3ccc4ccccc4c3)cs2)c1. The Morgan fingerprint density at radius 3 is 2.67 bits per heavy atom. The molecule has 1 heterocycles. The number of carbonyl (C=O) groups is 1. The third-order valence-corrected chi connectivity index (χ3v) is 5.70. The predicted octanol–water partition coefficient (Wildman–Crippen LogP) is 6.41. The second-order valence-corrected chi connectivity index (χ2v) is 8.49. The van der Waals surface area contributed by atoms with Gasteiger partial charge >= 0.3 is 0 Å². The van der Waals surface area contributed by atoms with Crippen LogP contribution in [-0.4, -0.2) is 17.5 Å². The zero-order valence-electron chi connectivity index (χ0n) is 17.3. The number of hydrogen-bond donors (Lipinski definition) is 1. The largest absolute Gasteiger partial charge is 0.483 e. The molecule has 3 aromatic carbocycles. The first-order chi connectivity index (χ1) is 14.5. The van der Waals surface area contributed by atoms with E-state index < -0.39 is 0 Å². The summed E-state index contributed by atoms with van der Waals surface area (Å²) in [6.45, 7) is 6.19. The summed E-state index contributed by atoms with van der Waals surface area (Å²) in [5.41, 5.74) is 4.08. The predicted molar refractivity (Wildman–Crippen MR) is 124 cm³/mol. The molecule has 0 atom stereocenters. The van der Waals surface area contributed by atoms with Gasteiger partial charge in [0, 0.05) is 10.9 Å². The Morgan fingerprint density at radius 2 is 1.87 bits per heavy atom. The Balaban J connectivity index is 1.42. The minimum atomic E-state index is -0.217. The second kappa shape index (κ2) is 8.67. The number of fused-ring (bicyclic) bond motifs is 1. The van der Waals surface area contributed by atoms with Gasteiger partial charge in [0.15, 0.2) is 11.7 Å². The van der Waals surface area contributed by atoms with E-state index in [4.69, 9.17) is 4.74 Å². The van der Waals surface area contributed by atoms with Crippen molar-refractivity contribution in [2.75, 3.05) is 11.9 Å². The summed E-state index contributed by atoms with van der Waals surface area (Å²) < 4.78 is 5.82. The summed E-state index contributed by atoms with van der Waals surface area (Å²) >= 11 is 1.41. The summed E-state index contributed by atoms with van der Waals surface area (Å²) in [4.78, 5) is 17.0. The van der Waals surface area contributed by atoms with Crippen LogP contribution in [0.4, 0.5) is 5.13 Å². The standard InChI is InChI=1S/C25H24N2O2S/c1-16(2)21-11-8-17(3)12-23(21)29-14-24(28)27-25-26-22(15-30-25)20-10-9-18-6-4-5-7-19(18)13-20/h4-13,15-16H,14H2,1-3H3,(H,26,27,28). The number of benzene rings is 3. The molecule has 152 valence electrons. The van der Waals surface area contributed by atoms with Crippen LogP contribution in [0.3, 0.4) is 0 Å². The monoisotopic (exact) mass is 416 g/mol. The molecule has 4 nitrogen and oxygen atoms in total. The average Bonchev–Trinajstić information content (AvgIpc) is 3.20. The van der Waals surface area contributed by atoms with Crippen molar-refractivity contribution >= 4 is 33.1 Å². The highest BCUT2D eigenvalue weighted by Gasteiger charge is 2.12. The highest BCUT2D eigenvalue weighted by molar-refractivity contribution is 7.14. The van der Waals surface area contributed by atoms with Gasteiger partial charge in [-0.1, -0.05) is 62.4 Å². The van der Waals surface area contributed by atoms with Crippen LogP contribution >= 0.6 is 11.3 Å². The molecule has 0 radical (unpaired) electrons. The van der Waals surface area contributed by atoms with Crippen molar-refractivity contribution in [3.8, 4) is 17.0 Å². The molecule has 0 fully saturated rings. The second-order valence-electron chi connectivity index (χ2n) is 7.63. The summed E-state index contributed by atoms with van der Waals surface area (Å²) in [5.74, 6) is 0.869. The molecular formula is C25H24N2O2S. The number of carbonyl (C=O) groups excluding carboxylic acids is 1. The van der Waals surface area contributed by atoms with E-state index in [0.29, 0.717) is 11.0 Å². The highest BCUT2D eigenvalue weighted by atomic mass is 32.1. The van der Waals surface area contributed by atoms with Gasteiger partial charge in [0.1, 0.15) is 5.75 Å². The first-order valence-electron chi connectivity index (χ1n) is 9.97. The number of amides is 1. The van der Waals surface area contributed by atoms with Crippen molar-refractivity contribution in [1.29, 1.82) is 0 Å². The third-order valence-electron chi connectivity index (χ3n) is 4.95. The molecule has 1 amide bonds. The number of nitrogens with zero attached hydrogens (tertiary/aromatic N) is 1. The number of ether oxygens (including phenoxy) is 1. The first-order valence-corrected chi connectivity index (χ1v) is 10.9. The van der Waals surface area contributed by atoms with Gasteiger partial charge in [-0.2, -0.15) is 0 Å². The molecule has 4 aromatic rings. The Hall–Kier alpha value is -3.18. The van der Waals surface area contributed by atoms with Gasteiger partial charge in [-0.3, -0.25) is 10.1 Å². The lowest BCUT2D eigenvalue weighted by Crippen LogP contribution is -2.20. The average molecular weight is 417 g/mol. The Kier molecular flexibility index (Phi) is 5.81. The van der Waals surface area contributed by atoms with Gasteiger partial charge in [-0.15, -0.1) is 11.3 Å². The molecule has 0 aliphatic rings. The molecule has 0 saturated heterocycles. The fourth-order valence-electron chi connectivity index (χ4n) is 3.35. The van der Waals surface area contributed by atoms with Crippen molar-refractivity contribution in [2.45, 2.75) is 26.7 Å². The van der Waals surface area contributed by atoms with Crippen molar-refractivity contribution in [2.24, 2.45) is 0 Å². The van der Waals surface area contributed by atoms with Gasteiger partial charge in [0.05, 0.1) is 5.69 Å². The number of anilines is 1. The first kappa shape index (κ1) is 20.1. The molecule has 0 bridgehead atoms. The lowest BCUT2D eigenvalue weighted by Gasteiger charge is -2.14. The smallest absolute Gasteiger partial charge is 0.264 e. The zero-order valence-corrected chi connectivity index (χ0v) is 18.1. The minimum absolute atomic E-state index is 0.0476. The Bertz CT molecular complexity index is 1200. The van der Waals surface area contributed by atoms with E-state index in [-0.39, 0.29) is 12.5 Å². The minimum Gasteiger partial charge on any atom is -0.483 e. The van der Waals surface area contributed by atoms with E-state index in [1.165, 1.54) is 22.1 Å². The molecule has 0 unspecified atom stereocenters. The maximum atomic E-state index is 12.4. The molecule has 0 spiro atoms. The maximum absolute atomic E-state index is 12.4. The summed E-state index contributed by atoms with van der Waals surface area (Å²) in [6, 6.07) is 20.6. The topological polar surface area (TPSA) is 51.2 Å². The van der Waals surface area contributed by atoms with Crippen molar-refractivity contribution in [3.63, 3.8) is 0 Å². The number of aryl methyl sites for hydroxylation is 1. The van der Waals surface area contributed by atoms with Gasteiger partial charge in [0.25, 0.3) is 5.91 Å². The molecular weight excluding hydrogens is 392 g/mol. The molecule has 4 rings (SSSR count). The summed E-state index contributed by atoms with van der Waals surface area (Å²) in [7, 11) is 0. The number of thiazole rings is 1. The zero-order chi connectivity index (χ0) is 21.1. The Labute approximate surface area is 180 Å². The van der Waals surface area contributed by atoms with Gasteiger partial charge in [-0.25, -0.2) is 4.98 Å². The molecule has 30 heavy (non-hydrogen) atoms. The van der Waals surface area contributed by atoms with Crippen LogP contribution in [0.15, 0.2) is 66.0 Å². The molecule has 1 aromatic heterocycles. The van der Waals surface area contributed by atoms with Crippen LogP contribution in [0.25, 0.3) is 22.0 Å². The van der Waals surface area contributed by atoms with Crippen LogP contribution in [0, 0.1) is 6.92 Å². The van der Waals surface area contributed by atoms with E-state index in [2.05, 4.69) is 66.6 Å². The van der Waals surface area contributed by atoms with Gasteiger partial charge in [-0.05, 0) is 46.9 Å². The lowest BCUT2D eigenvalue weighted by molar-refractivity contribution is -0.118. The number of aromatic nitrogens is 1. The maximum Gasteiger partial charge on any atom is 0.264 e. The van der Waals surface area contributed by atoms with Crippen LogP contribution in [-0.2, 0) is 4.79 Å². The van der Waals surface area contributed by atoms with Gasteiger partial charge in [0.2, 0.25) is 0 Å². The molecule has 0 saturated carbocycles. The van der Waals surface area contributed by atoms with E-state index in [1.54, 1.807) is 0 Å². The quantitative estimate of drug-likeness (QED) is 0.395. The number of rotatable bonds is 6. The molecule has 5 heteroatoms. The number of hydrogen-bond acceptors (Lipinski definition) is 4. The van der Waals surface area contributed by atoms with E-state index in [1.807, 2.05) is 30.5 Å². The van der Waals surface area contributed by atoms with Crippen molar-refractivity contribution < 1.29 is 9.53 Å². The lowest BCUT2D eigenvalue weighted by atomic mass is 10.0. The molecule has 1 N–H and O–H groups in total.